The van der Waals surface area contributed by atoms with Crippen LogP contribution in [0.15, 0.2) is 0 Å². The van der Waals surface area contributed by atoms with Crippen LogP contribution in [0.1, 0.15) is 19.3 Å². The fourth-order valence-corrected chi connectivity index (χ4v) is 1.99. The van der Waals surface area contributed by atoms with Crippen molar-refractivity contribution >= 4 is 5.97 Å². The number of hydrogen-bond acceptors (Lipinski definition) is 3. The van der Waals surface area contributed by atoms with Gasteiger partial charge in [0, 0.05) is 19.5 Å². The molecule has 7 heteroatoms. The number of carboxylic acid groups (broad SMARTS) is 1. The molecule has 17 heavy (non-hydrogen) atoms. The second kappa shape index (κ2) is 5.68. The Balaban J connectivity index is 2.28. The molecule has 0 radical (unpaired) electrons. The van der Waals surface area contributed by atoms with E-state index in [0.29, 0.717) is 25.9 Å². The highest BCUT2D eigenvalue weighted by molar-refractivity contribution is 5.66. The molecule has 0 saturated carbocycles. The van der Waals surface area contributed by atoms with E-state index < -0.39 is 24.8 Å². The number of halogens is 3. The Morgan fingerprint density at radius 3 is 2.65 bits per heavy atom. The molecule has 0 amide bonds. The standard InChI is InChI=1S/C10H16F3NO3/c11-10(12,13)8(15)6-14-4-3-7(5-14)1-2-9(16)17/h7-8,15H,1-6H2,(H,16,17). The first-order valence-corrected chi connectivity index (χ1v) is 5.48. The van der Waals surface area contributed by atoms with Crippen LogP contribution in [-0.4, -0.2) is 53.0 Å². The summed E-state index contributed by atoms with van der Waals surface area (Å²) in [5.74, 6) is -0.773. The highest BCUT2D eigenvalue weighted by atomic mass is 19.4. The number of nitrogens with zero attached hydrogens (tertiary/aromatic N) is 1. The predicted molar refractivity (Wildman–Crippen MR) is 53.5 cm³/mol. The molecule has 2 N–H and O–H groups in total. The van der Waals surface area contributed by atoms with E-state index >= 15 is 0 Å². The molecule has 0 aromatic carbocycles. The fraction of sp³-hybridized carbons (Fsp3) is 0.900. The molecule has 100 valence electrons. The van der Waals surface area contributed by atoms with Crippen molar-refractivity contribution < 1.29 is 28.2 Å². The average Bonchev–Trinajstić information content (AvgIpc) is 2.61. The monoisotopic (exact) mass is 255 g/mol. The second-order valence-electron chi connectivity index (χ2n) is 4.40. The van der Waals surface area contributed by atoms with E-state index in [2.05, 4.69) is 0 Å². The molecule has 1 aliphatic rings. The molecular formula is C10H16F3NO3. The zero-order chi connectivity index (χ0) is 13.1. The average molecular weight is 255 g/mol. The number of carbonyl (C=O) groups is 1. The number of carboxylic acids is 1. The topological polar surface area (TPSA) is 60.8 Å². The Kier molecular flexibility index (Phi) is 4.76. The van der Waals surface area contributed by atoms with Crippen LogP contribution in [0.4, 0.5) is 13.2 Å². The van der Waals surface area contributed by atoms with Crippen LogP contribution in [0, 0.1) is 5.92 Å². The fourth-order valence-electron chi connectivity index (χ4n) is 1.99. The quantitative estimate of drug-likeness (QED) is 0.772. The molecule has 0 bridgehead atoms. The van der Waals surface area contributed by atoms with Gasteiger partial charge in [-0.15, -0.1) is 0 Å². The number of hydrogen-bond donors (Lipinski definition) is 2. The minimum atomic E-state index is -4.58. The molecule has 1 saturated heterocycles. The lowest BCUT2D eigenvalue weighted by Gasteiger charge is -2.21. The van der Waals surface area contributed by atoms with Gasteiger partial charge in [-0.2, -0.15) is 13.2 Å². The SMILES string of the molecule is O=C(O)CCC1CCN(CC(O)C(F)(F)F)C1. The molecule has 4 nitrogen and oxygen atoms in total. The van der Waals surface area contributed by atoms with Crippen LogP contribution in [0.25, 0.3) is 0 Å². The minimum absolute atomic E-state index is 0.0420. The molecule has 0 aromatic rings. The Morgan fingerprint density at radius 2 is 2.12 bits per heavy atom. The smallest absolute Gasteiger partial charge is 0.415 e. The minimum Gasteiger partial charge on any atom is -0.481 e. The third kappa shape index (κ3) is 4.91. The third-order valence-corrected chi connectivity index (χ3v) is 2.95. The molecule has 1 rings (SSSR count). The van der Waals surface area contributed by atoms with Gasteiger partial charge < -0.3 is 15.1 Å². The van der Waals surface area contributed by atoms with E-state index in [1.165, 1.54) is 4.90 Å². The number of aliphatic carboxylic acids is 1. The van der Waals surface area contributed by atoms with Crippen LogP contribution < -0.4 is 0 Å². The lowest BCUT2D eigenvalue weighted by atomic mass is 10.0. The van der Waals surface area contributed by atoms with Crippen LogP contribution in [0.2, 0.25) is 0 Å². The molecule has 2 atom stereocenters. The normalized spacial score (nSPS) is 23.9. The highest BCUT2D eigenvalue weighted by Crippen LogP contribution is 2.25. The van der Waals surface area contributed by atoms with Crippen LogP contribution in [-0.2, 0) is 4.79 Å². The number of rotatable bonds is 5. The van der Waals surface area contributed by atoms with Gasteiger partial charge in [-0.05, 0) is 25.3 Å². The van der Waals surface area contributed by atoms with Crippen molar-refractivity contribution in [2.45, 2.75) is 31.5 Å². The largest absolute Gasteiger partial charge is 0.481 e. The summed E-state index contributed by atoms with van der Waals surface area (Å²) in [4.78, 5) is 11.9. The highest BCUT2D eigenvalue weighted by Gasteiger charge is 2.40. The van der Waals surface area contributed by atoms with Gasteiger partial charge in [0.25, 0.3) is 0 Å². The zero-order valence-electron chi connectivity index (χ0n) is 9.28. The van der Waals surface area contributed by atoms with Gasteiger partial charge in [-0.25, -0.2) is 0 Å². The van der Waals surface area contributed by atoms with Crippen molar-refractivity contribution in [3.05, 3.63) is 0 Å². The maximum atomic E-state index is 12.1. The van der Waals surface area contributed by atoms with E-state index in [1.54, 1.807) is 0 Å². The van der Waals surface area contributed by atoms with Crippen molar-refractivity contribution in [3.8, 4) is 0 Å². The number of aliphatic hydroxyl groups excluding tert-OH is 1. The lowest BCUT2D eigenvalue weighted by Crippen LogP contribution is -2.40. The van der Waals surface area contributed by atoms with Crippen LogP contribution >= 0.6 is 0 Å². The van der Waals surface area contributed by atoms with Gasteiger partial charge in [0.2, 0.25) is 0 Å². The molecule has 2 unspecified atom stereocenters. The van der Waals surface area contributed by atoms with Crippen molar-refractivity contribution in [1.82, 2.24) is 4.90 Å². The molecule has 0 spiro atoms. The van der Waals surface area contributed by atoms with Crippen LogP contribution in [0.5, 0.6) is 0 Å². The van der Waals surface area contributed by atoms with Crippen molar-refractivity contribution in [2.75, 3.05) is 19.6 Å². The molecular weight excluding hydrogens is 239 g/mol. The van der Waals surface area contributed by atoms with E-state index in [1.807, 2.05) is 0 Å². The Hall–Kier alpha value is -0.820. The molecule has 1 heterocycles. The van der Waals surface area contributed by atoms with E-state index in [4.69, 9.17) is 10.2 Å². The second-order valence-corrected chi connectivity index (χ2v) is 4.40. The van der Waals surface area contributed by atoms with E-state index in [9.17, 15) is 18.0 Å². The Bertz CT molecular complexity index is 270. The van der Waals surface area contributed by atoms with Gasteiger partial charge in [-0.1, -0.05) is 0 Å². The molecule has 0 aromatic heterocycles. The van der Waals surface area contributed by atoms with Crippen molar-refractivity contribution in [2.24, 2.45) is 5.92 Å². The Labute approximate surface area is 97.0 Å². The number of β-amino-alcohol motifs (C(OH)–C–C–N with tert-alkyl or cyclic N) is 1. The number of alkyl halides is 3. The summed E-state index contributed by atoms with van der Waals surface area (Å²) in [5, 5.41) is 17.4. The maximum Gasteiger partial charge on any atom is 0.415 e. The van der Waals surface area contributed by atoms with Crippen molar-refractivity contribution in [3.63, 3.8) is 0 Å². The van der Waals surface area contributed by atoms with Gasteiger partial charge in [0.05, 0.1) is 0 Å². The summed E-state index contributed by atoms with van der Waals surface area (Å²) in [6, 6.07) is 0. The third-order valence-electron chi connectivity index (χ3n) is 2.95. The maximum absolute atomic E-state index is 12.1. The molecule has 1 aliphatic heterocycles. The summed E-state index contributed by atoms with van der Waals surface area (Å²) in [7, 11) is 0. The van der Waals surface area contributed by atoms with Gasteiger partial charge in [0.15, 0.2) is 6.10 Å². The van der Waals surface area contributed by atoms with Gasteiger partial charge >= 0.3 is 12.1 Å². The lowest BCUT2D eigenvalue weighted by molar-refractivity contribution is -0.207. The summed E-state index contributed by atoms with van der Waals surface area (Å²) >= 11 is 0. The predicted octanol–water partition coefficient (Wildman–Crippen LogP) is 1.10. The molecule has 1 fully saturated rings. The molecule has 0 aliphatic carbocycles. The summed E-state index contributed by atoms with van der Waals surface area (Å²) in [6.45, 7) is 0.491. The van der Waals surface area contributed by atoms with Crippen molar-refractivity contribution in [1.29, 1.82) is 0 Å². The van der Waals surface area contributed by atoms with E-state index in [0.717, 1.165) is 0 Å². The summed E-state index contributed by atoms with van der Waals surface area (Å²) in [5.41, 5.74) is 0. The Morgan fingerprint density at radius 1 is 1.47 bits per heavy atom. The first-order valence-electron chi connectivity index (χ1n) is 5.48. The van der Waals surface area contributed by atoms with Gasteiger partial charge in [0.1, 0.15) is 0 Å². The first kappa shape index (κ1) is 14.2. The summed E-state index contributed by atoms with van der Waals surface area (Å²) < 4.78 is 36.3. The zero-order valence-corrected chi connectivity index (χ0v) is 9.28. The first-order chi connectivity index (χ1) is 7.79. The van der Waals surface area contributed by atoms with Crippen LogP contribution in [0.3, 0.4) is 0 Å². The number of likely N-dealkylation sites (tertiary alicyclic amines) is 1. The van der Waals surface area contributed by atoms with Gasteiger partial charge in [-0.3, -0.25) is 4.79 Å². The summed E-state index contributed by atoms with van der Waals surface area (Å²) in [6.07, 6.45) is -5.69. The number of aliphatic hydroxyl groups is 1. The van der Waals surface area contributed by atoms with E-state index in [-0.39, 0.29) is 12.3 Å².